The number of fused-ring (bicyclic) bond motifs is 9. The van der Waals surface area contributed by atoms with Gasteiger partial charge >= 0.3 is 0 Å². The molecule has 74 heavy (non-hydrogen) atoms. The maximum atomic E-state index is 4.76. The Bertz CT molecular complexity index is 4350. The molecule has 15 rings (SSSR count). The fourth-order valence-electron chi connectivity index (χ4n) is 11.5. The molecule has 0 spiro atoms. The molecule has 0 aliphatic heterocycles. The number of hydrogen-bond acceptors (Lipinski definition) is 2. The maximum absolute atomic E-state index is 4.76. The molecule has 11 aromatic carbocycles. The van der Waals surface area contributed by atoms with Gasteiger partial charge in [-0.1, -0.05) is 158 Å². The predicted octanol–water partition coefficient (Wildman–Crippen LogP) is 17.2. The first kappa shape index (κ1) is 41.7. The SMILES string of the molecule is c1ccc(-c2nnc(-c3ccccc3)n2-c2ccc(-n3c4ccc(-c5ccc6c(c5)c5ccccc5n6-c5ccccc5)cc4c4cc(-c5ccc6c(c5)c5ccccc5n6-c5ccccc5)ccc43)cc2)cc1. The van der Waals surface area contributed by atoms with Gasteiger partial charge in [-0.2, -0.15) is 0 Å². The number of hydrogen-bond donors (Lipinski definition) is 0. The molecule has 0 fully saturated rings. The van der Waals surface area contributed by atoms with Crippen molar-refractivity contribution in [1.29, 1.82) is 0 Å². The maximum Gasteiger partial charge on any atom is 0.168 e. The second-order valence-corrected chi connectivity index (χ2v) is 19.1. The van der Waals surface area contributed by atoms with Crippen molar-refractivity contribution in [2.24, 2.45) is 0 Å². The van der Waals surface area contributed by atoms with E-state index in [9.17, 15) is 0 Å². The summed E-state index contributed by atoms with van der Waals surface area (Å²) >= 11 is 0. The summed E-state index contributed by atoms with van der Waals surface area (Å²) in [5, 5.41) is 16.8. The van der Waals surface area contributed by atoms with Crippen molar-refractivity contribution >= 4 is 65.4 Å². The summed E-state index contributed by atoms with van der Waals surface area (Å²) in [5.74, 6) is 1.58. The van der Waals surface area contributed by atoms with Crippen LogP contribution >= 0.6 is 0 Å². The Labute approximate surface area is 426 Å². The quantitative estimate of drug-likeness (QED) is 0.152. The fourth-order valence-corrected chi connectivity index (χ4v) is 11.5. The lowest BCUT2D eigenvalue weighted by atomic mass is 9.98. The van der Waals surface area contributed by atoms with Crippen molar-refractivity contribution in [3.8, 4) is 67.8 Å². The zero-order valence-corrected chi connectivity index (χ0v) is 40.1. The van der Waals surface area contributed by atoms with Gasteiger partial charge in [0.15, 0.2) is 11.6 Å². The van der Waals surface area contributed by atoms with Crippen molar-refractivity contribution in [2.45, 2.75) is 0 Å². The molecule has 6 nitrogen and oxygen atoms in total. The zero-order valence-electron chi connectivity index (χ0n) is 40.1. The zero-order chi connectivity index (χ0) is 48.7. The minimum Gasteiger partial charge on any atom is -0.309 e. The van der Waals surface area contributed by atoms with Crippen molar-refractivity contribution < 1.29 is 0 Å². The Morgan fingerprint density at radius 3 is 0.824 bits per heavy atom. The van der Waals surface area contributed by atoms with Crippen LogP contribution in [0.15, 0.2) is 267 Å². The fraction of sp³-hybridized carbons (Fsp3) is 0. The second-order valence-electron chi connectivity index (χ2n) is 19.1. The summed E-state index contributed by atoms with van der Waals surface area (Å²) in [4.78, 5) is 0. The normalized spacial score (nSPS) is 11.8. The van der Waals surface area contributed by atoms with E-state index in [0.29, 0.717) is 0 Å². The van der Waals surface area contributed by atoms with Gasteiger partial charge < -0.3 is 13.7 Å². The Balaban J connectivity index is 0.911. The predicted molar refractivity (Wildman–Crippen MR) is 306 cm³/mol. The minimum absolute atomic E-state index is 0.791. The summed E-state index contributed by atoms with van der Waals surface area (Å²) in [7, 11) is 0. The van der Waals surface area contributed by atoms with Gasteiger partial charge in [0.2, 0.25) is 0 Å². The molecule has 0 aliphatic carbocycles. The van der Waals surface area contributed by atoms with E-state index >= 15 is 0 Å². The summed E-state index contributed by atoms with van der Waals surface area (Å²) < 4.78 is 9.34. The molecule has 4 aromatic heterocycles. The summed E-state index contributed by atoms with van der Waals surface area (Å²) in [6, 6.07) is 96.2. The van der Waals surface area contributed by atoms with Crippen molar-refractivity contribution in [2.75, 3.05) is 0 Å². The average Bonchev–Trinajstić information content (AvgIpc) is 4.26. The Morgan fingerprint density at radius 2 is 0.459 bits per heavy atom. The molecule has 0 N–H and O–H groups in total. The highest BCUT2D eigenvalue weighted by atomic mass is 15.3. The Morgan fingerprint density at radius 1 is 0.189 bits per heavy atom. The van der Waals surface area contributed by atoms with Crippen LogP contribution in [0.5, 0.6) is 0 Å². The van der Waals surface area contributed by atoms with Crippen LogP contribution in [0.2, 0.25) is 0 Å². The standard InChI is InChI=1S/C68H44N6/c1-5-17-45(18-6-1)67-69-70-68(46-19-7-2-8-20-46)74(67)54-35-33-53(34-36-54)73-65-39-31-49(47-29-37-63-57(41-47)55-25-13-15-27-61(55)71(63)51-21-9-3-10-22-51)43-59(65)60-44-50(32-40-66(60)73)48-30-38-64-58(42-48)56-26-14-16-28-62(56)72(64)52-23-11-4-12-24-52/h1-44H. The number of aromatic nitrogens is 6. The lowest BCUT2D eigenvalue weighted by Crippen LogP contribution is -2.01. The smallest absolute Gasteiger partial charge is 0.168 e. The molecule has 0 atom stereocenters. The van der Waals surface area contributed by atoms with Crippen LogP contribution < -0.4 is 0 Å². The highest BCUT2D eigenvalue weighted by Crippen LogP contribution is 2.41. The average molecular weight is 945 g/mol. The molecule has 6 heteroatoms. The summed E-state index contributed by atoms with van der Waals surface area (Å²) in [6.07, 6.45) is 0. The Hall–Kier alpha value is -10.0. The van der Waals surface area contributed by atoms with Crippen molar-refractivity contribution in [3.63, 3.8) is 0 Å². The van der Waals surface area contributed by atoms with Crippen LogP contribution in [0.1, 0.15) is 0 Å². The van der Waals surface area contributed by atoms with Crippen LogP contribution in [-0.2, 0) is 0 Å². The van der Waals surface area contributed by atoms with E-state index in [4.69, 9.17) is 10.2 Å². The van der Waals surface area contributed by atoms with Crippen LogP contribution in [-0.4, -0.2) is 28.5 Å². The van der Waals surface area contributed by atoms with E-state index in [1.807, 2.05) is 36.4 Å². The third-order valence-electron chi connectivity index (χ3n) is 14.9. The topological polar surface area (TPSA) is 45.5 Å². The van der Waals surface area contributed by atoms with Crippen LogP contribution in [0, 0.1) is 0 Å². The van der Waals surface area contributed by atoms with E-state index < -0.39 is 0 Å². The van der Waals surface area contributed by atoms with Gasteiger partial charge in [-0.05, 0) is 131 Å². The largest absolute Gasteiger partial charge is 0.309 e. The lowest BCUT2D eigenvalue weighted by molar-refractivity contribution is 1.07. The van der Waals surface area contributed by atoms with Gasteiger partial charge in [0.25, 0.3) is 0 Å². The van der Waals surface area contributed by atoms with E-state index in [2.05, 4.69) is 249 Å². The molecule has 0 saturated carbocycles. The van der Waals surface area contributed by atoms with Gasteiger partial charge in [0.05, 0.1) is 33.1 Å². The Kier molecular flexibility index (Phi) is 9.47. The van der Waals surface area contributed by atoms with Gasteiger partial charge in [0, 0.05) is 66.2 Å². The van der Waals surface area contributed by atoms with Crippen molar-refractivity contribution in [1.82, 2.24) is 28.5 Å². The van der Waals surface area contributed by atoms with Crippen LogP contribution in [0.3, 0.4) is 0 Å². The molecule has 0 saturated heterocycles. The van der Waals surface area contributed by atoms with Gasteiger partial charge in [-0.15, -0.1) is 10.2 Å². The molecule has 15 aromatic rings. The van der Waals surface area contributed by atoms with E-state index in [1.165, 1.54) is 76.6 Å². The first-order valence-electron chi connectivity index (χ1n) is 25.2. The number of benzene rings is 11. The number of nitrogens with zero attached hydrogens (tertiary/aromatic N) is 6. The first-order chi connectivity index (χ1) is 36.7. The molecule has 0 amide bonds. The van der Waals surface area contributed by atoms with Gasteiger partial charge in [-0.3, -0.25) is 4.57 Å². The van der Waals surface area contributed by atoms with E-state index in [-0.39, 0.29) is 0 Å². The second kappa shape index (κ2) is 16.8. The third kappa shape index (κ3) is 6.59. The van der Waals surface area contributed by atoms with E-state index in [1.54, 1.807) is 0 Å². The molecular formula is C68H44N6. The summed E-state index contributed by atoms with van der Waals surface area (Å²) in [5.41, 5.74) is 18.1. The highest BCUT2D eigenvalue weighted by molar-refractivity contribution is 6.14. The van der Waals surface area contributed by atoms with E-state index in [0.717, 1.165) is 56.6 Å². The van der Waals surface area contributed by atoms with Gasteiger partial charge in [0.1, 0.15) is 0 Å². The molecule has 346 valence electrons. The van der Waals surface area contributed by atoms with Gasteiger partial charge in [-0.25, -0.2) is 0 Å². The van der Waals surface area contributed by atoms with Crippen LogP contribution in [0.25, 0.3) is 133 Å². The monoisotopic (exact) mass is 944 g/mol. The lowest BCUT2D eigenvalue weighted by Gasteiger charge is -2.13. The third-order valence-corrected chi connectivity index (χ3v) is 14.9. The molecule has 0 bridgehead atoms. The number of para-hydroxylation sites is 4. The summed E-state index contributed by atoms with van der Waals surface area (Å²) in [6.45, 7) is 0. The molecular weight excluding hydrogens is 901 g/mol. The first-order valence-corrected chi connectivity index (χ1v) is 25.2. The molecule has 4 heterocycles. The molecule has 0 aliphatic rings. The highest BCUT2D eigenvalue weighted by Gasteiger charge is 2.21. The van der Waals surface area contributed by atoms with Crippen LogP contribution in [0.4, 0.5) is 0 Å². The van der Waals surface area contributed by atoms with Crippen molar-refractivity contribution in [3.05, 3.63) is 267 Å². The number of rotatable bonds is 8. The molecule has 0 radical (unpaired) electrons. The minimum atomic E-state index is 0.791. The molecule has 0 unspecified atom stereocenters.